The minimum Gasteiger partial charge on any atom is -0.477 e. The van der Waals surface area contributed by atoms with Gasteiger partial charge in [0.15, 0.2) is 5.60 Å². The lowest BCUT2D eigenvalue weighted by Crippen LogP contribution is -2.52. The normalized spacial score (nSPS) is 15.9. The lowest BCUT2D eigenvalue weighted by molar-refractivity contribution is -0.148. The van der Waals surface area contributed by atoms with E-state index in [9.17, 15) is 4.79 Å². The van der Waals surface area contributed by atoms with Crippen molar-refractivity contribution >= 4 is 16.7 Å². The van der Waals surface area contributed by atoms with Gasteiger partial charge in [-0.1, -0.05) is 36.4 Å². The minimum atomic E-state index is -0.923. The van der Waals surface area contributed by atoms with Crippen LogP contribution in [-0.4, -0.2) is 55.9 Å². The summed E-state index contributed by atoms with van der Waals surface area (Å²) in [6.07, 6.45) is 1.89. The van der Waals surface area contributed by atoms with E-state index < -0.39 is 5.60 Å². The number of carbonyl (C=O) groups is 1. The van der Waals surface area contributed by atoms with Gasteiger partial charge in [0.05, 0.1) is 19.3 Å². The molecule has 1 heterocycles. The van der Waals surface area contributed by atoms with E-state index in [0.717, 1.165) is 29.4 Å². The number of hydrogen-bond acceptors (Lipinski definition) is 4. The van der Waals surface area contributed by atoms with E-state index in [2.05, 4.69) is 0 Å². The highest BCUT2D eigenvalue weighted by atomic mass is 16.5. The molecule has 0 bridgehead atoms. The van der Waals surface area contributed by atoms with Gasteiger partial charge in [-0.3, -0.25) is 4.79 Å². The summed E-state index contributed by atoms with van der Waals surface area (Å²) in [4.78, 5) is 15.0. The number of hydrogen-bond donors (Lipinski definition) is 0. The summed E-state index contributed by atoms with van der Waals surface area (Å²) in [5.41, 5.74) is -0.923. The number of rotatable bonds is 7. The zero-order valence-corrected chi connectivity index (χ0v) is 16.4. The molecule has 0 aliphatic carbocycles. The van der Waals surface area contributed by atoms with Gasteiger partial charge < -0.3 is 19.1 Å². The second-order valence-electron chi connectivity index (χ2n) is 7.44. The predicted octanol–water partition coefficient (Wildman–Crippen LogP) is 3.65. The number of amides is 1. The molecule has 0 atom stereocenters. The van der Waals surface area contributed by atoms with Gasteiger partial charge in [0.25, 0.3) is 5.91 Å². The smallest absolute Gasteiger partial charge is 0.266 e. The third-order valence-electron chi connectivity index (χ3n) is 5.00. The Bertz CT molecular complexity index is 761. The number of methoxy groups -OCH3 is 1. The summed E-state index contributed by atoms with van der Waals surface area (Å²) in [5, 5.41) is 2.12. The Labute approximate surface area is 161 Å². The first-order chi connectivity index (χ1) is 13.0. The molecule has 1 aliphatic rings. The van der Waals surface area contributed by atoms with Crippen molar-refractivity contribution in [2.24, 2.45) is 0 Å². The second kappa shape index (κ2) is 8.72. The van der Waals surface area contributed by atoms with Crippen molar-refractivity contribution in [1.29, 1.82) is 0 Å². The molecular formula is C22H29NO4. The Hall–Kier alpha value is -2.11. The van der Waals surface area contributed by atoms with Crippen molar-refractivity contribution in [2.45, 2.75) is 38.4 Å². The Balaban J connectivity index is 1.62. The van der Waals surface area contributed by atoms with Crippen LogP contribution < -0.4 is 4.74 Å². The second-order valence-corrected chi connectivity index (χ2v) is 7.44. The van der Waals surface area contributed by atoms with Gasteiger partial charge in [0.2, 0.25) is 0 Å². The van der Waals surface area contributed by atoms with Crippen molar-refractivity contribution < 1.29 is 19.0 Å². The Morgan fingerprint density at radius 1 is 1.07 bits per heavy atom. The number of carbonyl (C=O) groups excluding carboxylic acids is 1. The lowest BCUT2D eigenvalue weighted by Gasteiger charge is -2.37. The number of benzene rings is 2. The van der Waals surface area contributed by atoms with Crippen molar-refractivity contribution in [3.05, 3.63) is 42.5 Å². The van der Waals surface area contributed by atoms with Gasteiger partial charge in [-0.25, -0.2) is 0 Å². The molecule has 1 saturated heterocycles. The van der Waals surface area contributed by atoms with Gasteiger partial charge in [0.1, 0.15) is 5.75 Å². The van der Waals surface area contributed by atoms with E-state index in [-0.39, 0.29) is 12.0 Å². The van der Waals surface area contributed by atoms with Crippen LogP contribution in [0, 0.1) is 0 Å². The largest absolute Gasteiger partial charge is 0.477 e. The third-order valence-corrected chi connectivity index (χ3v) is 5.00. The monoisotopic (exact) mass is 371 g/mol. The summed E-state index contributed by atoms with van der Waals surface area (Å²) < 4.78 is 17.0. The summed E-state index contributed by atoms with van der Waals surface area (Å²) in [6, 6.07) is 14.0. The SMILES string of the molecule is COCCOC1CCN(C(=O)C(C)(C)Oc2cccc3ccccc23)CC1. The maximum atomic E-state index is 13.1. The highest BCUT2D eigenvalue weighted by Crippen LogP contribution is 2.29. The van der Waals surface area contributed by atoms with E-state index in [4.69, 9.17) is 14.2 Å². The molecular weight excluding hydrogens is 342 g/mol. The standard InChI is InChI=1S/C22H29NO4/c1-22(2,27-20-10-6-8-17-7-4-5-9-19(17)20)21(24)23-13-11-18(12-14-23)26-16-15-25-3/h4-10,18H,11-16H2,1-3H3. The van der Waals surface area contributed by atoms with Crippen LogP contribution in [0.15, 0.2) is 42.5 Å². The van der Waals surface area contributed by atoms with Gasteiger partial charge in [0, 0.05) is 25.6 Å². The number of nitrogens with zero attached hydrogens (tertiary/aromatic N) is 1. The molecule has 1 fully saturated rings. The van der Waals surface area contributed by atoms with Crippen molar-refractivity contribution in [3.8, 4) is 5.75 Å². The lowest BCUT2D eigenvalue weighted by atomic mass is 10.0. The van der Waals surface area contributed by atoms with E-state index in [0.29, 0.717) is 26.3 Å². The maximum absolute atomic E-state index is 13.1. The molecule has 0 N–H and O–H groups in total. The number of piperidine rings is 1. The zero-order chi connectivity index (χ0) is 19.3. The first kappa shape index (κ1) is 19.6. The number of ether oxygens (including phenoxy) is 3. The van der Waals surface area contributed by atoms with Gasteiger partial charge in [-0.15, -0.1) is 0 Å². The maximum Gasteiger partial charge on any atom is 0.266 e. The fourth-order valence-electron chi connectivity index (χ4n) is 3.51. The molecule has 0 radical (unpaired) electrons. The topological polar surface area (TPSA) is 48.0 Å². The van der Waals surface area contributed by atoms with Crippen LogP contribution in [0.25, 0.3) is 10.8 Å². The molecule has 2 aromatic rings. The highest BCUT2D eigenvalue weighted by molar-refractivity contribution is 5.90. The summed E-state index contributed by atoms with van der Waals surface area (Å²) in [7, 11) is 1.67. The van der Waals surface area contributed by atoms with E-state index >= 15 is 0 Å². The Morgan fingerprint density at radius 3 is 2.52 bits per heavy atom. The van der Waals surface area contributed by atoms with E-state index in [1.54, 1.807) is 7.11 Å². The van der Waals surface area contributed by atoms with Crippen LogP contribution in [0.1, 0.15) is 26.7 Å². The minimum absolute atomic E-state index is 0.0192. The van der Waals surface area contributed by atoms with E-state index in [1.165, 1.54) is 0 Å². The average molecular weight is 371 g/mol. The van der Waals surface area contributed by atoms with Gasteiger partial charge >= 0.3 is 0 Å². The summed E-state index contributed by atoms with van der Waals surface area (Å²) in [6.45, 7) is 6.28. The molecule has 0 spiro atoms. The van der Waals surface area contributed by atoms with Gasteiger partial charge in [-0.2, -0.15) is 0 Å². The molecule has 2 aromatic carbocycles. The van der Waals surface area contributed by atoms with Crippen LogP contribution in [0.4, 0.5) is 0 Å². The molecule has 3 rings (SSSR count). The molecule has 5 heteroatoms. The number of likely N-dealkylation sites (tertiary alicyclic amines) is 1. The quantitative estimate of drug-likeness (QED) is 0.697. The summed E-state index contributed by atoms with van der Waals surface area (Å²) in [5.74, 6) is 0.759. The molecule has 27 heavy (non-hydrogen) atoms. The average Bonchev–Trinajstić information content (AvgIpc) is 2.68. The fourth-order valence-corrected chi connectivity index (χ4v) is 3.51. The molecule has 5 nitrogen and oxygen atoms in total. The van der Waals surface area contributed by atoms with Crippen LogP contribution in [0.3, 0.4) is 0 Å². The predicted molar refractivity (Wildman–Crippen MR) is 106 cm³/mol. The van der Waals surface area contributed by atoms with Gasteiger partial charge in [-0.05, 0) is 38.1 Å². The molecule has 0 unspecified atom stereocenters. The zero-order valence-electron chi connectivity index (χ0n) is 16.4. The third kappa shape index (κ3) is 4.79. The first-order valence-electron chi connectivity index (χ1n) is 9.58. The Morgan fingerprint density at radius 2 is 1.78 bits per heavy atom. The van der Waals surface area contributed by atoms with Crippen LogP contribution >= 0.6 is 0 Å². The van der Waals surface area contributed by atoms with Crippen molar-refractivity contribution in [1.82, 2.24) is 4.90 Å². The first-order valence-corrected chi connectivity index (χ1v) is 9.58. The number of fused-ring (bicyclic) bond motifs is 1. The van der Waals surface area contributed by atoms with Crippen molar-refractivity contribution in [2.75, 3.05) is 33.4 Å². The molecule has 0 saturated carbocycles. The van der Waals surface area contributed by atoms with Crippen LogP contribution in [0.2, 0.25) is 0 Å². The van der Waals surface area contributed by atoms with Crippen molar-refractivity contribution in [3.63, 3.8) is 0 Å². The highest BCUT2D eigenvalue weighted by Gasteiger charge is 2.36. The molecule has 1 amide bonds. The Kier molecular flexibility index (Phi) is 6.34. The van der Waals surface area contributed by atoms with Crippen LogP contribution in [0.5, 0.6) is 5.75 Å². The molecule has 146 valence electrons. The van der Waals surface area contributed by atoms with E-state index in [1.807, 2.05) is 61.2 Å². The summed E-state index contributed by atoms with van der Waals surface area (Å²) >= 11 is 0. The molecule has 1 aliphatic heterocycles. The fraction of sp³-hybridized carbons (Fsp3) is 0.500. The van der Waals surface area contributed by atoms with Crippen LogP contribution in [-0.2, 0) is 14.3 Å². The molecule has 0 aromatic heterocycles.